The lowest BCUT2D eigenvalue weighted by Crippen LogP contribution is -2.06. The summed E-state index contributed by atoms with van der Waals surface area (Å²) in [6.07, 6.45) is 0.308. The van der Waals surface area contributed by atoms with E-state index in [1.165, 1.54) is 5.56 Å². The molecule has 0 saturated carbocycles. The molecule has 0 unspecified atom stereocenters. The number of hydrogen-bond donors (Lipinski definition) is 0. The molecule has 0 aliphatic carbocycles. The molecule has 0 amide bonds. The zero-order valence-electron chi connectivity index (χ0n) is 7.61. The van der Waals surface area contributed by atoms with Crippen LogP contribution in [0.3, 0.4) is 0 Å². The molecular weight excluding hydrogens is 262 g/mol. The van der Waals surface area contributed by atoms with Crippen molar-refractivity contribution in [3.05, 3.63) is 35.4 Å². The van der Waals surface area contributed by atoms with E-state index in [4.69, 9.17) is 46.4 Å². The minimum absolute atomic E-state index is 0.261. The van der Waals surface area contributed by atoms with E-state index in [9.17, 15) is 0 Å². The molecule has 0 bridgehead atoms. The van der Waals surface area contributed by atoms with Gasteiger partial charge in [0.05, 0.1) is 5.38 Å². The first kappa shape index (κ1) is 12.4. The third kappa shape index (κ3) is 4.27. The maximum atomic E-state index is 6.09. The summed E-state index contributed by atoms with van der Waals surface area (Å²) in [5.41, 5.74) is 2.16. The monoisotopic (exact) mass is 270 g/mol. The van der Waals surface area contributed by atoms with Gasteiger partial charge in [0.15, 0.2) is 3.79 Å². The maximum absolute atomic E-state index is 6.09. The molecule has 4 heteroatoms. The van der Waals surface area contributed by atoms with Crippen molar-refractivity contribution in [1.82, 2.24) is 0 Å². The van der Waals surface area contributed by atoms with Gasteiger partial charge >= 0.3 is 0 Å². The van der Waals surface area contributed by atoms with Gasteiger partial charge < -0.3 is 0 Å². The topological polar surface area (TPSA) is 0 Å². The van der Waals surface area contributed by atoms with E-state index in [0.29, 0.717) is 6.42 Å². The first-order valence-corrected chi connectivity index (χ1v) is 5.73. The summed E-state index contributed by atoms with van der Waals surface area (Å²) in [7, 11) is 0. The molecule has 0 fully saturated rings. The number of rotatable bonds is 2. The predicted octanol–water partition coefficient (Wildman–Crippen LogP) is 5.04. The van der Waals surface area contributed by atoms with Crippen molar-refractivity contribution < 1.29 is 0 Å². The molecule has 14 heavy (non-hydrogen) atoms. The fourth-order valence-corrected chi connectivity index (χ4v) is 2.17. The Bertz CT molecular complexity index is 286. The van der Waals surface area contributed by atoms with Crippen molar-refractivity contribution in [2.45, 2.75) is 22.5 Å². The minimum Gasteiger partial charge on any atom is -0.118 e. The van der Waals surface area contributed by atoms with Crippen LogP contribution in [0.5, 0.6) is 0 Å². The molecule has 1 aromatic rings. The summed E-state index contributed by atoms with van der Waals surface area (Å²) >= 11 is 23.1. The summed E-state index contributed by atoms with van der Waals surface area (Å²) in [6, 6.07) is 7.87. The largest absolute Gasteiger partial charge is 0.192 e. The number of halogens is 4. The van der Waals surface area contributed by atoms with Crippen LogP contribution in [0, 0.1) is 6.92 Å². The van der Waals surface area contributed by atoms with E-state index in [1.807, 2.05) is 31.2 Å². The second-order valence-electron chi connectivity index (χ2n) is 3.20. The molecule has 0 aliphatic rings. The highest BCUT2D eigenvalue weighted by Crippen LogP contribution is 2.39. The lowest BCUT2D eigenvalue weighted by molar-refractivity contribution is 0.820. The highest BCUT2D eigenvalue weighted by molar-refractivity contribution is 6.67. The first-order valence-electron chi connectivity index (χ1n) is 4.16. The van der Waals surface area contributed by atoms with Crippen LogP contribution in [0.1, 0.15) is 22.9 Å². The summed E-state index contributed by atoms with van der Waals surface area (Å²) < 4.78 is -1.29. The molecule has 0 nitrogen and oxygen atoms in total. The van der Waals surface area contributed by atoms with Crippen LogP contribution in [-0.4, -0.2) is 3.79 Å². The summed E-state index contributed by atoms with van der Waals surface area (Å²) in [5, 5.41) is -0.261. The molecule has 1 aromatic carbocycles. The van der Waals surface area contributed by atoms with Gasteiger partial charge in [-0.25, -0.2) is 0 Å². The van der Waals surface area contributed by atoms with Crippen molar-refractivity contribution in [2.75, 3.05) is 0 Å². The molecular formula is C10H10Cl4. The molecule has 0 radical (unpaired) electrons. The summed E-state index contributed by atoms with van der Waals surface area (Å²) in [4.78, 5) is 0. The predicted molar refractivity (Wildman–Crippen MR) is 64.7 cm³/mol. The second kappa shape index (κ2) is 4.94. The van der Waals surface area contributed by atoms with E-state index in [1.54, 1.807) is 0 Å². The second-order valence-corrected chi connectivity index (χ2v) is 6.24. The maximum Gasteiger partial charge on any atom is 0.192 e. The van der Waals surface area contributed by atoms with E-state index in [0.717, 1.165) is 5.56 Å². The van der Waals surface area contributed by atoms with Crippen LogP contribution >= 0.6 is 46.4 Å². The molecule has 1 rings (SSSR count). The van der Waals surface area contributed by atoms with Gasteiger partial charge in [0, 0.05) is 6.42 Å². The van der Waals surface area contributed by atoms with E-state index < -0.39 is 3.79 Å². The van der Waals surface area contributed by atoms with Gasteiger partial charge in [-0.15, -0.1) is 11.6 Å². The normalized spacial score (nSPS) is 14.1. The van der Waals surface area contributed by atoms with Crippen molar-refractivity contribution in [1.29, 1.82) is 0 Å². The average Bonchev–Trinajstić information content (AvgIpc) is 2.02. The molecule has 0 spiro atoms. The number of hydrogen-bond acceptors (Lipinski definition) is 0. The van der Waals surface area contributed by atoms with Crippen molar-refractivity contribution >= 4 is 46.4 Å². The Balaban J connectivity index is 2.70. The van der Waals surface area contributed by atoms with E-state index >= 15 is 0 Å². The lowest BCUT2D eigenvalue weighted by Gasteiger charge is -2.15. The zero-order valence-corrected chi connectivity index (χ0v) is 10.6. The van der Waals surface area contributed by atoms with Gasteiger partial charge in [-0.1, -0.05) is 64.6 Å². The van der Waals surface area contributed by atoms with Crippen molar-refractivity contribution in [3.63, 3.8) is 0 Å². The summed E-state index contributed by atoms with van der Waals surface area (Å²) in [6.45, 7) is 2.02. The van der Waals surface area contributed by atoms with Crippen molar-refractivity contribution in [3.8, 4) is 0 Å². The van der Waals surface area contributed by atoms with Crippen molar-refractivity contribution in [2.24, 2.45) is 0 Å². The van der Waals surface area contributed by atoms with Gasteiger partial charge in [0.2, 0.25) is 0 Å². The summed E-state index contributed by atoms with van der Waals surface area (Å²) in [5.74, 6) is 0. The quantitative estimate of drug-likeness (QED) is 0.662. The molecule has 0 heterocycles. The Labute approximate surface area is 104 Å². The van der Waals surface area contributed by atoms with E-state index in [2.05, 4.69) is 0 Å². The third-order valence-electron chi connectivity index (χ3n) is 1.85. The lowest BCUT2D eigenvalue weighted by atomic mass is 10.1. The fraction of sp³-hybridized carbons (Fsp3) is 0.400. The number of benzene rings is 1. The van der Waals surface area contributed by atoms with Gasteiger partial charge in [-0.3, -0.25) is 0 Å². The molecule has 0 N–H and O–H groups in total. The Morgan fingerprint density at radius 3 is 2.07 bits per heavy atom. The van der Waals surface area contributed by atoms with Crippen LogP contribution in [0.25, 0.3) is 0 Å². The van der Waals surface area contributed by atoms with E-state index in [-0.39, 0.29) is 5.38 Å². The highest BCUT2D eigenvalue weighted by atomic mass is 35.6. The number of alkyl halides is 4. The molecule has 78 valence electrons. The first-order chi connectivity index (χ1) is 6.38. The van der Waals surface area contributed by atoms with Crippen LogP contribution in [-0.2, 0) is 0 Å². The SMILES string of the molecule is Cc1ccc([C@H](Cl)CC(Cl)(Cl)Cl)cc1. The van der Waals surface area contributed by atoms with Gasteiger partial charge in [0.25, 0.3) is 0 Å². The standard InChI is InChI=1S/C10H10Cl4/c1-7-2-4-8(5-3-7)9(11)6-10(12,13)14/h2-5,9H,6H2,1H3/t9-/m1/s1. The molecule has 0 aliphatic heterocycles. The minimum atomic E-state index is -1.29. The van der Waals surface area contributed by atoms with Crippen LogP contribution in [0.15, 0.2) is 24.3 Å². The number of aryl methyl sites for hydroxylation is 1. The van der Waals surface area contributed by atoms with Crippen LogP contribution in [0.2, 0.25) is 0 Å². The highest BCUT2D eigenvalue weighted by Gasteiger charge is 2.24. The Kier molecular flexibility index (Phi) is 4.39. The average molecular weight is 272 g/mol. The van der Waals surface area contributed by atoms with Crippen LogP contribution < -0.4 is 0 Å². The zero-order chi connectivity index (χ0) is 10.8. The van der Waals surface area contributed by atoms with Gasteiger partial charge in [-0.2, -0.15) is 0 Å². The Morgan fingerprint density at radius 2 is 1.64 bits per heavy atom. The van der Waals surface area contributed by atoms with Gasteiger partial charge in [-0.05, 0) is 12.5 Å². The van der Waals surface area contributed by atoms with Crippen LogP contribution in [0.4, 0.5) is 0 Å². The third-order valence-corrected chi connectivity index (χ3v) is 2.72. The Morgan fingerprint density at radius 1 is 1.14 bits per heavy atom. The fourth-order valence-electron chi connectivity index (χ4n) is 1.10. The molecule has 0 aromatic heterocycles. The Hall–Kier alpha value is 0.380. The smallest absolute Gasteiger partial charge is 0.118 e. The molecule has 1 atom stereocenters. The van der Waals surface area contributed by atoms with Gasteiger partial charge in [0.1, 0.15) is 0 Å². The molecule has 0 saturated heterocycles.